The van der Waals surface area contributed by atoms with E-state index in [0.717, 1.165) is 18.2 Å². The molecule has 0 aliphatic heterocycles. The van der Waals surface area contributed by atoms with Crippen LogP contribution in [0.2, 0.25) is 0 Å². The van der Waals surface area contributed by atoms with Gasteiger partial charge < -0.3 is 15.2 Å². The Labute approximate surface area is 149 Å². The molecule has 6 nitrogen and oxygen atoms in total. The maximum absolute atomic E-state index is 11.9. The summed E-state index contributed by atoms with van der Waals surface area (Å²) in [6.07, 6.45) is 3.32. The zero-order chi connectivity index (χ0) is 18.1. The van der Waals surface area contributed by atoms with Crippen LogP contribution in [-0.2, 0) is 4.79 Å². The van der Waals surface area contributed by atoms with Gasteiger partial charge in [0.2, 0.25) is 5.91 Å². The van der Waals surface area contributed by atoms with Gasteiger partial charge in [-0.1, -0.05) is 30.3 Å². The molecule has 1 amide bonds. The number of aromatic carboxylic acids is 1. The first-order chi connectivity index (χ1) is 12.6. The number of pyridine rings is 1. The fourth-order valence-electron chi connectivity index (χ4n) is 2.80. The quantitative estimate of drug-likeness (QED) is 0.725. The van der Waals surface area contributed by atoms with Crippen molar-refractivity contribution < 1.29 is 19.4 Å². The Morgan fingerprint density at radius 3 is 2.69 bits per heavy atom. The van der Waals surface area contributed by atoms with Crippen LogP contribution in [-0.4, -0.2) is 22.0 Å². The molecule has 2 N–H and O–H groups in total. The zero-order valence-electron chi connectivity index (χ0n) is 13.8. The van der Waals surface area contributed by atoms with Gasteiger partial charge in [-0.3, -0.25) is 4.79 Å². The van der Waals surface area contributed by atoms with Crippen molar-refractivity contribution in [1.29, 1.82) is 0 Å². The van der Waals surface area contributed by atoms with Crippen molar-refractivity contribution in [3.8, 4) is 11.5 Å². The number of amides is 1. The van der Waals surface area contributed by atoms with Gasteiger partial charge in [0.05, 0.1) is 0 Å². The van der Waals surface area contributed by atoms with Gasteiger partial charge in [-0.05, 0) is 35.7 Å². The molecule has 1 aromatic heterocycles. The number of nitrogens with zero attached hydrogens (tertiary/aromatic N) is 1. The third-order valence-electron chi connectivity index (χ3n) is 4.26. The summed E-state index contributed by atoms with van der Waals surface area (Å²) in [5, 5.41) is 13.8. The van der Waals surface area contributed by atoms with Gasteiger partial charge in [0.25, 0.3) is 0 Å². The number of carbonyl (C=O) groups is 2. The highest BCUT2D eigenvalue weighted by atomic mass is 16.5. The maximum Gasteiger partial charge on any atom is 0.340 e. The summed E-state index contributed by atoms with van der Waals surface area (Å²) in [4.78, 5) is 27.7. The second-order valence-electron chi connectivity index (χ2n) is 6.21. The lowest BCUT2D eigenvalue weighted by molar-refractivity contribution is -0.117. The van der Waals surface area contributed by atoms with Crippen LogP contribution in [0.3, 0.4) is 0 Å². The van der Waals surface area contributed by atoms with Crippen LogP contribution in [0.4, 0.5) is 5.82 Å². The summed E-state index contributed by atoms with van der Waals surface area (Å²) in [5.41, 5.74) is 0.100. The van der Waals surface area contributed by atoms with Gasteiger partial charge in [0, 0.05) is 18.2 Å². The van der Waals surface area contributed by atoms with E-state index in [4.69, 9.17) is 4.74 Å². The number of ether oxygens (including phenoxy) is 1. The Morgan fingerprint density at radius 2 is 1.92 bits per heavy atom. The smallest absolute Gasteiger partial charge is 0.340 e. The number of hydrogen-bond donors (Lipinski definition) is 2. The highest BCUT2D eigenvalue weighted by molar-refractivity contribution is 6.06. The van der Waals surface area contributed by atoms with Crippen LogP contribution < -0.4 is 10.1 Å². The molecule has 0 saturated heterocycles. The lowest BCUT2D eigenvalue weighted by atomic mass is 10.0. The molecule has 130 valence electrons. The molecule has 0 spiro atoms. The van der Waals surface area contributed by atoms with Crippen LogP contribution >= 0.6 is 0 Å². The fourth-order valence-corrected chi connectivity index (χ4v) is 2.80. The molecule has 2 aromatic carbocycles. The number of hydrogen-bond acceptors (Lipinski definition) is 4. The van der Waals surface area contributed by atoms with E-state index in [0.29, 0.717) is 17.0 Å². The first kappa shape index (κ1) is 16.1. The van der Waals surface area contributed by atoms with Gasteiger partial charge in [0.15, 0.2) is 0 Å². The minimum Gasteiger partial charge on any atom is -0.478 e. The summed E-state index contributed by atoms with van der Waals surface area (Å²) in [7, 11) is 0. The molecule has 3 aromatic rings. The van der Waals surface area contributed by atoms with Gasteiger partial charge in [0.1, 0.15) is 22.9 Å². The summed E-state index contributed by atoms with van der Waals surface area (Å²) in [5.74, 6) is -0.0111. The molecule has 1 heterocycles. The van der Waals surface area contributed by atoms with Gasteiger partial charge in [-0.25, -0.2) is 9.78 Å². The molecule has 0 atom stereocenters. The second-order valence-corrected chi connectivity index (χ2v) is 6.21. The molecule has 1 aliphatic rings. The molecule has 0 bridgehead atoms. The van der Waals surface area contributed by atoms with E-state index in [1.807, 2.05) is 18.2 Å². The predicted octanol–water partition coefficient (Wildman–Crippen LogP) is 4.07. The highest BCUT2D eigenvalue weighted by Gasteiger charge is 2.29. The molecule has 6 heteroatoms. The molecule has 26 heavy (non-hydrogen) atoms. The van der Waals surface area contributed by atoms with Gasteiger partial charge in [-0.15, -0.1) is 0 Å². The highest BCUT2D eigenvalue weighted by Crippen LogP contribution is 2.33. The first-order valence-corrected chi connectivity index (χ1v) is 8.31. The van der Waals surface area contributed by atoms with Gasteiger partial charge >= 0.3 is 5.97 Å². The molecule has 1 saturated carbocycles. The van der Waals surface area contributed by atoms with Crippen LogP contribution in [0.25, 0.3) is 10.8 Å². The minimum atomic E-state index is -1.06. The van der Waals surface area contributed by atoms with Crippen LogP contribution in [0, 0.1) is 5.92 Å². The fraction of sp³-hybridized carbons (Fsp3) is 0.150. The molecular weight excluding hydrogens is 332 g/mol. The Balaban J connectivity index is 1.65. The Bertz CT molecular complexity index is 1010. The van der Waals surface area contributed by atoms with Crippen molar-refractivity contribution in [3.63, 3.8) is 0 Å². The van der Waals surface area contributed by atoms with E-state index >= 15 is 0 Å². The predicted molar refractivity (Wildman–Crippen MR) is 96.6 cm³/mol. The molecule has 0 unspecified atom stereocenters. The third kappa shape index (κ3) is 3.21. The van der Waals surface area contributed by atoms with E-state index in [1.54, 1.807) is 30.3 Å². The summed E-state index contributed by atoms with van der Waals surface area (Å²) in [6.45, 7) is 0. The van der Waals surface area contributed by atoms with Gasteiger partial charge in [-0.2, -0.15) is 0 Å². The average molecular weight is 348 g/mol. The normalized spacial score (nSPS) is 13.4. The second kappa shape index (κ2) is 6.48. The maximum atomic E-state index is 11.9. The van der Waals surface area contributed by atoms with Crippen LogP contribution in [0.15, 0.2) is 54.7 Å². The topological polar surface area (TPSA) is 88.5 Å². The van der Waals surface area contributed by atoms with E-state index in [1.165, 1.54) is 6.20 Å². The number of carboxylic acid groups (broad SMARTS) is 1. The number of nitrogens with one attached hydrogen (secondary N) is 1. The summed E-state index contributed by atoms with van der Waals surface area (Å²) >= 11 is 0. The average Bonchev–Trinajstić information content (AvgIpc) is 3.46. The number of carboxylic acids is 1. The Hall–Kier alpha value is -3.41. The number of carbonyl (C=O) groups excluding carboxylic acids is 1. The largest absolute Gasteiger partial charge is 0.478 e. The standard InChI is InChI=1S/C20H16N2O4/c23-19(13-5-6-13)22-17-11-14(9-10-21-17)26-16-8-7-12-3-1-2-4-15(12)18(16)20(24)25/h1-4,7-11,13H,5-6H2,(H,24,25)(H,21,22,23). The summed E-state index contributed by atoms with van der Waals surface area (Å²) in [6, 6.07) is 13.9. The molecule has 0 radical (unpaired) electrons. The lowest BCUT2D eigenvalue weighted by Gasteiger charge is -2.12. The van der Waals surface area contributed by atoms with E-state index in [-0.39, 0.29) is 23.1 Å². The number of benzene rings is 2. The van der Waals surface area contributed by atoms with Crippen molar-refractivity contribution in [2.75, 3.05) is 5.32 Å². The molecule has 4 rings (SSSR count). The van der Waals surface area contributed by atoms with Crippen molar-refractivity contribution >= 4 is 28.5 Å². The lowest BCUT2D eigenvalue weighted by Crippen LogP contribution is -2.14. The SMILES string of the molecule is O=C(O)c1c(Oc2ccnc(NC(=O)C3CC3)c2)ccc2ccccc12. The van der Waals surface area contributed by atoms with Crippen molar-refractivity contribution in [3.05, 3.63) is 60.3 Å². The van der Waals surface area contributed by atoms with E-state index < -0.39 is 5.97 Å². The monoisotopic (exact) mass is 348 g/mol. The molecule has 1 aliphatic carbocycles. The van der Waals surface area contributed by atoms with E-state index in [9.17, 15) is 14.7 Å². The Morgan fingerprint density at radius 1 is 1.12 bits per heavy atom. The number of rotatable bonds is 5. The number of aromatic nitrogens is 1. The zero-order valence-corrected chi connectivity index (χ0v) is 13.8. The number of anilines is 1. The molecular formula is C20H16N2O4. The van der Waals surface area contributed by atoms with Crippen molar-refractivity contribution in [2.45, 2.75) is 12.8 Å². The molecule has 1 fully saturated rings. The summed E-state index contributed by atoms with van der Waals surface area (Å²) < 4.78 is 5.81. The third-order valence-corrected chi connectivity index (χ3v) is 4.26. The minimum absolute atomic E-state index is 0.0495. The van der Waals surface area contributed by atoms with Crippen LogP contribution in [0.5, 0.6) is 11.5 Å². The Kier molecular flexibility index (Phi) is 4.01. The van der Waals surface area contributed by atoms with Crippen LogP contribution in [0.1, 0.15) is 23.2 Å². The van der Waals surface area contributed by atoms with E-state index in [2.05, 4.69) is 10.3 Å². The number of fused-ring (bicyclic) bond motifs is 1. The van der Waals surface area contributed by atoms with Crippen molar-refractivity contribution in [1.82, 2.24) is 4.98 Å². The van der Waals surface area contributed by atoms with Crippen molar-refractivity contribution in [2.24, 2.45) is 5.92 Å². The first-order valence-electron chi connectivity index (χ1n) is 8.31.